The molecule has 0 unspecified atom stereocenters. The van der Waals surface area contributed by atoms with Gasteiger partial charge in [0.2, 0.25) is 0 Å². The van der Waals surface area contributed by atoms with Crippen LogP contribution in [0, 0.1) is 0 Å². The predicted octanol–water partition coefficient (Wildman–Crippen LogP) is 2.24. The number of halogens is 1. The Kier molecular flexibility index (Phi) is 3.43. The SMILES string of the molecule is COc1ccc(Br)c(CO)c1S. The monoisotopic (exact) mass is 248 g/mol. The molecule has 0 aliphatic carbocycles. The molecular weight excluding hydrogens is 240 g/mol. The molecule has 1 aromatic rings. The van der Waals surface area contributed by atoms with E-state index in [1.807, 2.05) is 6.07 Å². The third-order valence-corrected chi connectivity index (χ3v) is 2.80. The van der Waals surface area contributed by atoms with Crippen LogP contribution in [0.4, 0.5) is 0 Å². The third kappa shape index (κ3) is 1.76. The number of benzene rings is 1. The van der Waals surface area contributed by atoms with Gasteiger partial charge in [-0.3, -0.25) is 0 Å². The van der Waals surface area contributed by atoms with Crippen molar-refractivity contribution in [2.75, 3.05) is 7.11 Å². The Morgan fingerprint density at radius 1 is 1.58 bits per heavy atom. The van der Waals surface area contributed by atoms with Crippen LogP contribution in [0.25, 0.3) is 0 Å². The highest BCUT2D eigenvalue weighted by Gasteiger charge is 2.07. The first-order chi connectivity index (χ1) is 5.70. The number of aliphatic hydroxyl groups is 1. The van der Waals surface area contributed by atoms with Crippen molar-refractivity contribution in [2.24, 2.45) is 0 Å². The van der Waals surface area contributed by atoms with E-state index in [-0.39, 0.29) is 6.61 Å². The van der Waals surface area contributed by atoms with E-state index in [1.165, 1.54) is 0 Å². The van der Waals surface area contributed by atoms with Crippen molar-refractivity contribution in [2.45, 2.75) is 11.5 Å². The van der Waals surface area contributed by atoms with Crippen LogP contribution in [0.15, 0.2) is 21.5 Å². The minimum Gasteiger partial charge on any atom is -0.496 e. The van der Waals surface area contributed by atoms with Gasteiger partial charge in [0, 0.05) is 10.0 Å². The van der Waals surface area contributed by atoms with Crippen LogP contribution in [0.2, 0.25) is 0 Å². The van der Waals surface area contributed by atoms with E-state index < -0.39 is 0 Å². The van der Waals surface area contributed by atoms with E-state index in [0.29, 0.717) is 10.6 Å². The molecule has 0 heterocycles. The van der Waals surface area contributed by atoms with E-state index in [1.54, 1.807) is 13.2 Å². The molecule has 0 radical (unpaired) electrons. The molecule has 0 spiro atoms. The Balaban J connectivity index is 3.24. The van der Waals surface area contributed by atoms with Crippen molar-refractivity contribution < 1.29 is 9.84 Å². The van der Waals surface area contributed by atoms with Gasteiger partial charge in [0.1, 0.15) is 5.75 Å². The number of ether oxygens (including phenoxy) is 1. The lowest BCUT2D eigenvalue weighted by atomic mass is 10.2. The highest BCUT2D eigenvalue weighted by atomic mass is 79.9. The summed E-state index contributed by atoms with van der Waals surface area (Å²) in [6.07, 6.45) is 0. The maximum atomic E-state index is 8.98. The van der Waals surface area contributed by atoms with Crippen LogP contribution in [-0.2, 0) is 6.61 Å². The van der Waals surface area contributed by atoms with Crippen molar-refractivity contribution in [3.8, 4) is 5.75 Å². The van der Waals surface area contributed by atoms with Crippen LogP contribution in [0.3, 0.4) is 0 Å². The lowest BCUT2D eigenvalue weighted by molar-refractivity contribution is 0.276. The summed E-state index contributed by atoms with van der Waals surface area (Å²) >= 11 is 7.53. The summed E-state index contributed by atoms with van der Waals surface area (Å²) in [6, 6.07) is 3.62. The molecule has 0 aliphatic heterocycles. The molecular formula is C8H9BrO2S. The summed E-state index contributed by atoms with van der Waals surface area (Å²) in [7, 11) is 1.57. The highest BCUT2D eigenvalue weighted by molar-refractivity contribution is 9.10. The summed E-state index contributed by atoms with van der Waals surface area (Å²) in [5, 5.41) is 8.98. The largest absolute Gasteiger partial charge is 0.496 e. The smallest absolute Gasteiger partial charge is 0.132 e. The zero-order valence-corrected chi connectivity index (χ0v) is 9.02. The molecule has 4 heteroatoms. The lowest BCUT2D eigenvalue weighted by Crippen LogP contribution is -1.92. The topological polar surface area (TPSA) is 29.5 Å². The number of rotatable bonds is 2. The van der Waals surface area contributed by atoms with Crippen molar-refractivity contribution in [1.29, 1.82) is 0 Å². The fraction of sp³-hybridized carbons (Fsp3) is 0.250. The Morgan fingerprint density at radius 2 is 2.25 bits per heavy atom. The van der Waals surface area contributed by atoms with Gasteiger partial charge in [-0.05, 0) is 12.1 Å². The van der Waals surface area contributed by atoms with E-state index in [9.17, 15) is 0 Å². The zero-order valence-electron chi connectivity index (χ0n) is 6.54. The van der Waals surface area contributed by atoms with Gasteiger partial charge in [-0.2, -0.15) is 0 Å². The molecule has 0 saturated carbocycles. The maximum Gasteiger partial charge on any atom is 0.132 e. The first-order valence-corrected chi connectivity index (χ1v) is 4.60. The van der Waals surface area contributed by atoms with E-state index in [2.05, 4.69) is 28.6 Å². The lowest BCUT2D eigenvalue weighted by Gasteiger charge is -2.08. The standard InChI is InChI=1S/C8H9BrO2S/c1-11-7-3-2-6(9)5(4-10)8(7)12/h2-3,10,12H,4H2,1H3. The van der Waals surface area contributed by atoms with Crippen LogP contribution in [0.5, 0.6) is 5.75 Å². The van der Waals surface area contributed by atoms with Gasteiger partial charge >= 0.3 is 0 Å². The molecule has 2 nitrogen and oxygen atoms in total. The number of hydrogen-bond acceptors (Lipinski definition) is 3. The number of thiol groups is 1. The van der Waals surface area contributed by atoms with Crippen LogP contribution in [-0.4, -0.2) is 12.2 Å². The summed E-state index contributed by atoms with van der Waals surface area (Å²) in [6.45, 7) is -0.0450. The van der Waals surface area contributed by atoms with Gasteiger partial charge < -0.3 is 9.84 Å². The van der Waals surface area contributed by atoms with Crippen molar-refractivity contribution in [3.05, 3.63) is 22.2 Å². The second-order valence-electron chi connectivity index (χ2n) is 2.23. The van der Waals surface area contributed by atoms with Crippen LogP contribution in [0.1, 0.15) is 5.56 Å². The number of aliphatic hydroxyl groups excluding tert-OH is 1. The molecule has 0 bridgehead atoms. The molecule has 1 N–H and O–H groups in total. The molecule has 0 saturated heterocycles. The van der Waals surface area contributed by atoms with Gasteiger partial charge in [0.25, 0.3) is 0 Å². The van der Waals surface area contributed by atoms with Gasteiger partial charge in [-0.1, -0.05) is 15.9 Å². The Hall–Kier alpha value is -0.190. The van der Waals surface area contributed by atoms with Gasteiger partial charge in [0.15, 0.2) is 0 Å². The summed E-state index contributed by atoms with van der Waals surface area (Å²) < 4.78 is 5.88. The highest BCUT2D eigenvalue weighted by Crippen LogP contribution is 2.31. The number of hydrogen-bond donors (Lipinski definition) is 2. The molecule has 12 heavy (non-hydrogen) atoms. The molecule has 0 amide bonds. The Morgan fingerprint density at radius 3 is 2.75 bits per heavy atom. The average Bonchev–Trinajstić information content (AvgIpc) is 2.06. The molecule has 66 valence electrons. The van der Waals surface area contributed by atoms with Gasteiger partial charge in [-0.15, -0.1) is 12.6 Å². The minimum absolute atomic E-state index is 0.0450. The zero-order chi connectivity index (χ0) is 9.14. The van der Waals surface area contributed by atoms with Gasteiger partial charge in [-0.25, -0.2) is 0 Å². The Labute approximate surface area is 85.1 Å². The number of methoxy groups -OCH3 is 1. The normalized spacial score (nSPS) is 10.0. The summed E-state index contributed by atoms with van der Waals surface area (Å²) in [4.78, 5) is 0.675. The van der Waals surface area contributed by atoms with Gasteiger partial charge in [0.05, 0.1) is 18.6 Å². The maximum absolute atomic E-state index is 8.98. The predicted molar refractivity (Wildman–Crippen MR) is 53.9 cm³/mol. The molecule has 0 aliphatic rings. The van der Waals surface area contributed by atoms with Crippen molar-refractivity contribution in [3.63, 3.8) is 0 Å². The molecule has 1 rings (SSSR count). The molecule has 0 aromatic heterocycles. The summed E-state index contributed by atoms with van der Waals surface area (Å²) in [5.41, 5.74) is 0.748. The second-order valence-corrected chi connectivity index (χ2v) is 3.54. The first kappa shape index (κ1) is 9.89. The molecule has 0 atom stereocenters. The van der Waals surface area contributed by atoms with Crippen molar-refractivity contribution in [1.82, 2.24) is 0 Å². The third-order valence-electron chi connectivity index (χ3n) is 1.57. The average molecular weight is 249 g/mol. The van der Waals surface area contributed by atoms with Crippen LogP contribution >= 0.6 is 28.6 Å². The summed E-state index contributed by atoms with van der Waals surface area (Å²) in [5.74, 6) is 0.672. The quantitative estimate of drug-likeness (QED) is 0.787. The van der Waals surface area contributed by atoms with Crippen LogP contribution < -0.4 is 4.74 Å². The minimum atomic E-state index is -0.0450. The first-order valence-electron chi connectivity index (χ1n) is 3.36. The molecule has 0 fully saturated rings. The van der Waals surface area contributed by atoms with E-state index in [0.717, 1.165) is 10.0 Å². The second kappa shape index (κ2) is 4.16. The Bertz CT molecular complexity index is 289. The van der Waals surface area contributed by atoms with E-state index in [4.69, 9.17) is 9.84 Å². The van der Waals surface area contributed by atoms with Crippen molar-refractivity contribution >= 4 is 28.6 Å². The molecule has 1 aromatic carbocycles. The van der Waals surface area contributed by atoms with E-state index >= 15 is 0 Å². The fourth-order valence-corrected chi connectivity index (χ4v) is 1.87. The fourth-order valence-electron chi connectivity index (χ4n) is 0.905.